The van der Waals surface area contributed by atoms with Crippen LogP contribution >= 0.6 is 0 Å². The van der Waals surface area contributed by atoms with Gasteiger partial charge in [-0.25, -0.2) is 9.97 Å². The third-order valence-corrected chi connectivity index (χ3v) is 3.36. The zero-order valence-corrected chi connectivity index (χ0v) is 11.0. The molecular formula is C15H17N3O. The van der Waals surface area contributed by atoms with Gasteiger partial charge in [-0.2, -0.15) is 0 Å². The molecule has 0 saturated heterocycles. The van der Waals surface area contributed by atoms with E-state index in [0.717, 1.165) is 36.8 Å². The van der Waals surface area contributed by atoms with Crippen LogP contribution in [0.15, 0.2) is 36.5 Å². The molecule has 1 aliphatic rings. The van der Waals surface area contributed by atoms with Gasteiger partial charge >= 0.3 is 0 Å². The second-order valence-corrected chi connectivity index (χ2v) is 4.66. The van der Waals surface area contributed by atoms with Gasteiger partial charge in [-0.1, -0.05) is 18.2 Å². The molecule has 19 heavy (non-hydrogen) atoms. The van der Waals surface area contributed by atoms with Gasteiger partial charge in [-0.05, 0) is 25.6 Å². The average Bonchev–Trinajstić information content (AvgIpc) is 2.47. The van der Waals surface area contributed by atoms with E-state index in [0.29, 0.717) is 0 Å². The first-order chi connectivity index (χ1) is 9.38. The quantitative estimate of drug-likeness (QED) is 0.912. The van der Waals surface area contributed by atoms with E-state index in [1.165, 1.54) is 5.56 Å². The number of fused-ring (bicyclic) bond motifs is 1. The minimum Gasteiger partial charge on any atom is -0.493 e. The molecule has 1 atom stereocenters. The largest absolute Gasteiger partial charge is 0.493 e. The summed E-state index contributed by atoms with van der Waals surface area (Å²) in [7, 11) is 1.92. The molecule has 2 aromatic rings. The normalized spacial score (nSPS) is 17.6. The Bertz CT molecular complexity index is 571. The number of hydrogen-bond acceptors (Lipinski definition) is 4. The van der Waals surface area contributed by atoms with Crippen molar-refractivity contribution in [1.29, 1.82) is 0 Å². The van der Waals surface area contributed by atoms with Crippen molar-refractivity contribution < 1.29 is 4.74 Å². The van der Waals surface area contributed by atoms with Crippen LogP contribution in [0, 0.1) is 0 Å². The Morgan fingerprint density at radius 2 is 2.21 bits per heavy atom. The molecule has 1 N–H and O–H groups in total. The van der Waals surface area contributed by atoms with Crippen LogP contribution in [-0.4, -0.2) is 23.6 Å². The van der Waals surface area contributed by atoms with Crippen molar-refractivity contribution >= 4 is 0 Å². The number of nitrogens with zero attached hydrogens (tertiary/aromatic N) is 2. The molecule has 0 spiro atoms. The molecule has 0 fully saturated rings. The lowest BCUT2D eigenvalue weighted by Crippen LogP contribution is -2.18. The number of para-hydroxylation sites is 1. The van der Waals surface area contributed by atoms with Gasteiger partial charge in [-0.3, -0.25) is 0 Å². The number of rotatable bonds is 3. The van der Waals surface area contributed by atoms with Crippen LogP contribution in [-0.2, 0) is 6.54 Å². The Kier molecular flexibility index (Phi) is 3.42. The highest BCUT2D eigenvalue weighted by atomic mass is 16.5. The summed E-state index contributed by atoms with van der Waals surface area (Å²) in [6.45, 7) is 1.49. The van der Waals surface area contributed by atoms with Crippen LogP contribution in [0.4, 0.5) is 0 Å². The van der Waals surface area contributed by atoms with Crippen LogP contribution in [0.25, 0.3) is 0 Å². The minimum absolute atomic E-state index is 0.238. The SMILES string of the molecule is CNCc1ccnc(C2CCOc3ccccc32)n1. The predicted octanol–water partition coefficient (Wildman–Crippen LogP) is 2.11. The third kappa shape index (κ3) is 2.44. The molecule has 0 aliphatic carbocycles. The van der Waals surface area contributed by atoms with Crippen molar-refractivity contribution in [2.75, 3.05) is 13.7 Å². The van der Waals surface area contributed by atoms with Crippen molar-refractivity contribution in [1.82, 2.24) is 15.3 Å². The average molecular weight is 255 g/mol. The van der Waals surface area contributed by atoms with Gasteiger partial charge in [0.05, 0.1) is 18.2 Å². The lowest BCUT2D eigenvalue weighted by molar-refractivity contribution is 0.274. The summed E-state index contributed by atoms with van der Waals surface area (Å²) in [5.74, 6) is 2.09. The predicted molar refractivity (Wildman–Crippen MR) is 73.2 cm³/mol. The van der Waals surface area contributed by atoms with Crippen molar-refractivity contribution in [2.45, 2.75) is 18.9 Å². The lowest BCUT2D eigenvalue weighted by atomic mass is 9.92. The highest BCUT2D eigenvalue weighted by molar-refractivity contribution is 5.40. The van der Waals surface area contributed by atoms with Gasteiger partial charge in [0.2, 0.25) is 0 Å². The maximum absolute atomic E-state index is 5.69. The Hall–Kier alpha value is -1.94. The van der Waals surface area contributed by atoms with Crippen LogP contribution in [0.1, 0.15) is 29.4 Å². The molecule has 1 unspecified atom stereocenters. The summed E-state index contributed by atoms with van der Waals surface area (Å²) in [6.07, 6.45) is 2.77. The fourth-order valence-corrected chi connectivity index (χ4v) is 2.47. The van der Waals surface area contributed by atoms with E-state index in [1.54, 1.807) is 0 Å². The molecule has 2 heterocycles. The van der Waals surface area contributed by atoms with Crippen molar-refractivity contribution in [3.63, 3.8) is 0 Å². The fraction of sp³-hybridized carbons (Fsp3) is 0.333. The van der Waals surface area contributed by atoms with E-state index < -0.39 is 0 Å². The van der Waals surface area contributed by atoms with Gasteiger partial charge < -0.3 is 10.1 Å². The number of nitrogens with one attached hydrogen (secondary N) is 1. The third-order valence-electron chi connectivity index (χ3n) is 3.36. The summed E-state index contributed by atoms with van der Waals surface area (Å²) in [5.41, 5.74) is 2.21. The Labute approximate surface area is 112 Å². The number of ether oxygens (including phenoxy) is 1. The van der Waals surface area contributed by atoms with Crippen molar-refractivity contribution in [2.24, 2.45) is 0 Å². The maximum atomic E-state index is 5.69. The molecule has 4 nitrogen and oxygen atoms in total. The fourth-order valence-electron chi connectivity index (χ4n) is 2.47. The first-order valence-electron chi connectivity index (χ1n) is 6.56. The molecule has 0 bridgehead atoms. The lowest BCUT2D eigenvalue weighted by Gasteiger charge is -2.24. The first kappa shape index (κ1) is 12.1. The van der Waals surface area contributed by atoms with Gasteiger partial charge in [0.25, 0.3) is 0 Å². The molecular weight excluding hydrogens is 238 g/mol. The van der Waals surface area contributed by atoms with Gasteiger partial charge in [-0.15, -0.1) is 0 Å². The Morgan fingerprint density at radius 3 is 3.11 bits per heavy atom. The summed E-state index contributed by atoms with van der Waals surface area (Å²) < 4.78 is 5.69. The molecule has 0 saturated carbocycles. The number of aromatic nitrogens is 2. The number of benzene rings is 1. The highest BCUT2D eigenvalue weighted by Gasteiger charge is 2.24. The van der Waals surface area contributed by atoms with Crippen molar-refractivity contribution in [3.05, 3.63) is 53.6 Å². The van der Waals surface area contributed by atoms with Crippen LogP contribution in [0.2, 0.25) is 0 Å². The summed E-state index contributed by atoms with van der Waals surface area (Å²) in [6, 6.07) is 10.1. The van der Waals surface area contributed by atoms with Crippen LogP contribution in [0.5, 0.6) is 5.75 Å². The second-order valence-electron chi connectivity index (χ2n) is 4.66. The van der Waals surface area contributed by atoms with E-state index in [-0.39, 0.29) is 5.92 Å². The van der Waals surface area contributed by atoms with E-state index in [1.807, 2.05) is 37.5 Å². The monoisotopic (exact) mass is 255 g/mol. The van der Waals surface area contributed by atoms with E-state index >= 15 is 0 Å². The van der Waals surface area contributed by atoms with Gasteiger partial charge in [0.15, 0.2) is 0 Å². The summed E-state index contributed by atoms with van der Waals surface area (Å²) in [5, 5.41) is 3.12. The van der Waals surface area contributed by atoms with E-state index in [4.69, 9.17) is 4.74 Å². The highest BCUT2D eigenvalue weighted by Crippen LogP contribution is 2.36. The smallest absolute Gasteiger partial charge is 0.136 e. The van der Waals surface area contributed by atoms with Crippen LogP contribution in [0.3, 0.4) is 0 Å². The second kappa shape index (κ2) is 5.36. The standard InChI is InChI=1S/C15H17N3O/c1-16-10-11-6-8-17-15(18-11)13-7-9-19-14-5-3-2-4-12(13)14/h2-6,8,13,16H,7,9-10H2,1H3. The molecule has 1 aromatic heterocycles. The van der Waals surface area contributed by atoms with Gasteiger partial charge in [0, 0.05) is 18.3 Å². The van der Waals surface area contributed by atoms with E-state index in [2.05, 4.69) is 21.4 Å². The molecule has 98 valence electrons. The summed E-state index contributed by atoms with van der Waals surface area (Å²) in [4.78, 5) is 9.11. The minimum atomic E-state index is 0.238. The van der Waals surface area contributed by atoms with E-state index in [9.17, 15) is 0 Å². The van der Waals surface area contributed by atoms with Crippen molar-refractivity contribution in [3.8, 4) is 5.75 Å². The van der Waals surface area contributed by atoms with Crippen LogP contribution < -0.4 is 10.1 Å². The molecule has 4 heteroatoms. The Morgan fingerprint density at radius 1 is 1.32 bits per heavy atom. The number of hydrogen-bond donors (Lipinski definition) is 1. The molecule has 3 rings (SSSR count). The molecule has 0 radical (unpaired) electrons. The zero-order chi connectivity index (χ0) is 13.1. The molecule has 0 amide bonds. The first-order valence-corrected chi connectivity index (χ1v) is 6.56. The topological polar surface area (TPSA) is 47.0 Å². The Balaban J connectivity index is 1.97. The molecule has 1 aliphatic heterocycles. The van der Waals surface area contributed by atoms with Gasteiger partial charge in [0.1, 0.15) is 11.6 Å². The maximum Gasteiger partial charge on any atom is 0.136 e. The zero-order valence-electron chi connectivity index (χ0n) is 11.0. The summed E-state index contributed by atoms with van der Waals surface area (Å²) >= 11 is 0. The molecule has 1 aromatic carbocycles.